The van der Waals surface area contributed by atoms with E-state index in [2.05, 4.69) is 15.9 Å². The molecule has 2 fully saturated rings. The van der Waals surface area contributed by atoms with Gasteiger partial charge in [0.1, 0.15) is 5.92 Å². The number of fused-ring (bicyclic) bond motifs is 1. The SMILES string of the molecule is O=C1[C@@H]2[C@@H](c3cccc(Br)c3)N(c3ccccc3)O[C@H]2C(=O)N1c1ccc(Cl)c(Cl)c1. The van der Waals surface area contributed by atoms with Gasteiger partial charge in [0.15, 0.2) is 6.10 Å². The molecule has 5 rings (SSSR count). The second-order valence-corrected chi connectivity index (χ2v) is 9.05. The molecular formula is C23H15BrCl2N2O3. The highest BCUT2D eigenvalue weighted by Crippen LogP contribution is 2.48. The van der Waals surface area contributed by atoms with E-state index in [0.717, 1.165) is 20.6 Å². The normalized spacial score (nSPS) is 22.9. The number of hydroxylamine groups is 1. The molecule has 0 bridgehead atoms. The fourth-order valence-electron chi connectivity index (χ4n) is 4.12. The van der Waals surface area contributed by atoms with Gasteiger partial charge in [-0.15, -0.1) is 0 Å². The van der Waals surface area contributed by atoms with Crippen molar-refractivity contribution in [3.63, 3.8) is 0 Å². The van der Waals surface area contributed by atoms with Crippen LogP contribution in [0.3, 0.4) is 0 Å². The third kappa shape index (κ3) is 3.44. The van der Waals surface area contributed by atoms with Crippen molar-refractivity contribution < 1.29 is 14.4 Å². The molecule has 156 valence electrons. The summed E-state index contributed by atoms with van der Waals surface area (Å²) in [6.45, 7) is 0. The average Bonchev–Trinajstić information content (AvgIpc) is 3.27. The van der Waals surface area contributed by atoms with Crippen LogP contribution in [0.5, 0.6) is 0 Å². The van der Waals surface area contributed by atoms with E-state index in [1.165, 1.54) is 6.07 Å². The maximum atomic E-state index is 13.6. The lowest BCUT2D eigenvalue weighted by Gasteiger charge is -2.29. The maximum absolute atomic E-state index is 13.6. The molecule has 8 heteroatoms. The van der Waals surface area contributed by atoms with Crippen LogP contribution in [0.15, 0.2) is 77.3 Å². The molecule has 0 N–H and O–H groups in total. The first kappa shape index (κ1) is 20.5. The van der Waals surface area contributed by atoms with Crippen LogP contribution >= 0.6 is 39.1 Å². The number of rotatable bonds is 3. The van der Waals surface area contributed by atoms with Gasteiger partial charge < -0.3 is 0 Å². The Bertz CT molecular complexity index is 1190. The monoisotopic (exact) mass is 516 g/mol. The van der Waals surface area contributed by atoms with Crippen LogP contribution in [0.25, 0.3) is 0 Å². The standard InChI is InChI=1S/C23H15BrCl2N2O3/c24-14-6-4-5-13(11-14)20-19-21(31-28(20)15-7-2-1-3-8-15)23(30)27(22(19)29)16-9-10-17(25)18(26)12-16/h1-12,19-21H/t19-,20-,21-/m1/s1. The summed E-state index contributed by atoms with van der Waals surface area (Å²) in [6.07, 6.45) is -0.939. The Morgan fingerprint density at radius 1 is 0.806 bits per heavy atom. The van der Waals surface area contributed by atoms with E-state index in [9.17, 15) is 9.59 Å². The molecule has 2 saturated heterocycles. The molecule has 2 amide bonds. The fraction of sp³-hybridized carbons (Fsp3) is 0.130. The minimum absolute atomic E-state index is 0.271. The van der Waals surface area contributed by atoms with Crippen molar-refractivity contribution in [2.45, 2.75) is 12.1 Å². The molecule has 31 heavy (non-hydrogen) atoms. The quantitative estimate of drug-likeness (QED) is 0.411. The first-order chi connectivity index (χ1) is 15.0. The van der Waals surface area contributed by atoms with Gasteiger partial charge in [-0.05, 0) is 48.0 Å². The van der Waals surface area contributed by atoms with Crippen LogP contribution in [-0.2, 0) is 14.4 Å². The molecule has 0 spiro atoms. The van der Waals surface area contributed by atoms with Crippen LogP contribution in [-0.4, -0.2) is 17.9 Å². The number of carbonyl (C=O) groups excluding carboxylic acids is 2. The summed E-state index contributed by atoms with van der Waals surface area (Å²) in [7, 11) is 0. The summed E-state index contributed by atoms with van der Waals surface area (Å²) in [5, 5.41) is 2.29. The zero-order valence-electron chi connectivity index (χ0n) is 15.9. The second kappa shape index (κ2) is 7.95. The number of imide groups is 1. The molecule has 3 aromatic rings. The van der Waals surface area contributed by atoms with E-state index >= 15 is 0 Å². The smallest absolute Gasteiger partial charge is 0.266 e. The summed E-state index contributed by atoms with van der Waals surface area (Å²) in [4.78, 5) is 34.1. The second-order valence-electron chi connectivity index (χ2n) is 7.32. The molecule has 3 aromatic carbocycles. The summed E-state index contributed by atoms with van der Waals surface area (Å²) in [5.41, 5.74) is 2.01. The lowest BCUT2D eigenvalue weighted by Crippen LogP contribution is -2.37. The van der Waals surface area contributed by atoms with Crippen molar-refractivity contribution >= 4 is 62.3 Å². The average molecular weight is 518 g/mol. The first-order valence-corrected chi connectivity index (χ1v) is 11.1. The lowest BCUT2D eigenvalue weighted by atomic mass is 9.90. The topological polar surface area (TPSA) is 49.9 Å². The number of anilines is 2. The van der Waals surface area contributed by atoms with E-state index in [-0.39, 0.29) is 10.9 Å². The molecule has 2 aliphatic rings. The van der Waals surface area contributed by atoms with Crippen molar-refractivity contribution in [3.05, 3.63) is 92.9 Å². The Labute approximate surface area is 197 Å². The van der Waals surface area contributed by atoms with Crippen molar-refractivity contribution in [1.82, 2.24) is 0 Å². The van der Waals surface area contributed by atoms with Crippen LogP contribution in [0.2, 0.25) is 10.0 Å². The Kier molecular flexibility index (Phi) is 5.26. The Balaban J connectivity index is 1.59. The highest BCUT2D eigenvalue weighted by molar-refractivity contribution is 9.10. The van der Waals surface area contributed by atoms with Crippen molar-refractivity contribution in [2.75, 3.05) is 9.96 Å². The molecule has 2 aliphatic heterocycles. The van der Waals surface area contributed by atoms with E-state index in [1.54, 1.807) is 17.2 Å². The highest BCUT2D eigenvalue weighted by Gasteiger charge is 2.60. The summed E-state index contributed by atoms with van der Waals surface area (Å²) in [5.74, 6) is -1.47. The fourth-order valence-corrected chi connectivity index (χ4v) is 4.83. The third-order valence-corrected chi connectivity index (χ3v) is 6.71. The van der Waals surface area contributed by atoms with Gasteiger partial charge in [0.25, 0.3) is 5.91 Å². The predicted molar refractivity (Wildman–Crippen MR) is 123 cm³/mol. The van der Waals surface area contributed by atoms with Crippen LogP contribution in [0, 0.1) is 5.92 Å². The molecule has 3 atom stereocenters. The van der Waals surface area contributed by atoms with Gasteiger partial charge in [-0.1, -0.05) is 69.5 Å². The molecule has 0 saturated carbocycles. The van der Waals surface area contributed by atoms with Crippen molar-refractivity contribution in [3.8, 4) is 0 Å². The number of amides is 2. The van der Waals surface area contributed by atoms with Gasteiger partial charge in [-0.3, -0.25) is 14.4 Å². The number of hydrogen-bond acceptors (Lipinski definition) is 4. The largest absolute Gasteiger partial charge is 0.273 e. The minimum Gasteiger partial charge on any atom is -0.273 e. The number of benzene rings is 3. The Hall–Kier alpha value is -2.38. The molecule has 5 nitrogen and oxygen atoms in total. The van der Waals surface area contributed by atoms with Crippen LogP contribution in [0.4, 0.5) is 11.4 Å². The van der Waals surface area contributed by atoms with E-state index in [1.807, 2.05) is 54.6 Å². The summed E-state index contributed by atoms with van der Waals surface area (Å²) >= 11 is 15.6. The zero-order chi connectivity index (χ0) is 21.7. The van der Waals surface area contributed by atoms with Crippen molar-refractivity contribution in [1.29, 1.82) is 0 Å². The first-order valence-electron chi connectivity index (χ1n) is 9.55. The molecule has 0 aliphatic carbocycles. The van der Waals surface area contributed by atoms with Gasteiger partial charge in [0.2, 0.25) is 5.91 Å². The Morgan fingerprint density at radius 3 is 2.29 bits per heavy atom. The van der Waals surface area contributed by atoms with Crippen LogP contribution in [0.1, 0.15) is 11.6 Å². The molecule has 0 unspecified atom stereocenters. The summed E-state index contributed by atoms with van der Waals surface area (Å²) < 4.78 is 0.875. The maximum Gasteiger partial charge on any atom is 0.266 e. The van der Waals surface area contributed by atoms with Crippen LogP contribution < -0.4 is 9.96 Å². The predicted octanol–water partition coefficient (Wildman–Crippen LogP) is 5.81. The number of carbonyl (C=O) groups is 2. The molecule has 0 aromatic heterocycles. The third-order valence-electron chi connectivity index (χ3n) is 5.48. The molecule has 0 radical (unpaired) electrons. The van der Waals surface area contributed by atoms with Gasteiger partial charge in [-0.25, -0.2) is 9.96 Å². The van der Waals surface area contributed by atoms with Gasteiger partial charge in [0, 0.05) is 4.47 Å². The van der Waals surface area contributed by atoms with Gasteiger partial charge in [-0.2, -0.15) is 0 Å². The van der Waals surface area contributed by atoms with E-state index in [0.29, 0.717) is 10.7 Å². The zero-order valence-corrected chi connectivity index (χ0v) is 19.0. The minimum atomic E-state index is -0.939. The highest BCUT2D eigenvalue weighted by atomic mass is 79.9. The molecule has 2 heterocycles. The summed E-state index contributed by atoms with van der Waals surface area (Å²) in [6, 6.07) is 21.3. The van der Waals surface area contributed by atoms with Gasteiger partial charge >= 0.3 is 0 Å². The van der Waals surface area contributed by atoms with Gasteiger partial charge in [0.05, 0.1) is 27.5 Å². The number of para-hydroxylation sites is 1. The van der Waals surface area contributed by atoms with E-state index in [4.69, 9.17) is 28.0 Å². The lowest BCUT2D eigenvalue weighted by molar-refractivity contribution is -0.126. The van der Waals surface area contributed by atoms with Crippen molar-refractivity contribution in [2.24, 2.45) is 5.92 Å². The van der Waals surface area contributed by atoms with E-state index < -0.39 is 24.0 Å². The number of hydrogen-bond donors (Lipinski definition) is 0. The Morgan fingerprint density at radius 2 is 1.58 bits per heavy atom. The number of nitrogens with zero attached hydrogens (tertiary/aromatic N) is 2. The molecular weight excluding hydrogens is 503 g/mol. The number of halogens is 3.